The molecule has 134 valence electrons. The lowest BCUT2D eigenvalue weighted by Gasteiger charge is -2.20. The lowest BCUT2D eigenvalue weighted by atomic mass is 9.87. The highest BCUT2D eigenvalue weighted by Gasteiger charge is 2.47. The van der Waals surface area contributed by atoms with Crippen molar-refractivity contribution in [2.75, 3.05) is 5.32 Å². The molecule has 0 fully saturated rings. The molecule has 3 aromatic carbocycles. The number of non-ortho nitro benzene ring substituents is 1. The fourth-order valence-corrected chi connectivity index (χ4v) is 3.32. The Bertz CT molecular complexity index is 1120. The average molecular weight is 362 g/mol. The van der Waals surface area contributed by atoms with E-state index in [1.807, 2.05) is 24.3 Å². The third-order valence-corrected chi connectivity index (χ3v) is 4.77. The molecule has 0 radical (unpaired) electrons. The van der Waals surface area contributed by atoms with Crippen molar-refractivity contribution in [3.8, 4) is 0 Å². The highest BCUT2D eigenvalue weighted by atomic mass is 16.6. The molecule has 1 amide bonds. The molecule has 0 aromatic heterocycles. The molecule has 0 saturated heterocycles. The first-order chi connectivity index (χ1) is 12.9. The van der Waals surface area contributed by atoms with Gasteiger partial charge in [-0.3, -0.25) is 19.7 Å². The Kier molecular flexibility index (Phi) is 3.75. The van der Waals surface area contributed by atoms with Crippen molar-refractivity contribution < 1.29 is 19.6 Å². The Labute approximate surface area is 153 Å². The van der Waals surface area contributed by atoms with E-state index < -0.39 is 28.6 Å². The molecule has 4 rings (SSSR count). The van der Waals surface area contributed by atoms with Gasteiger partial charge < -0.3 is 10.4 Å². The van der Waals surface area contributed by atoms with Gasteiger partial charge in [-0.05, 0) is 22.9 Å². The molecule has 1 aliphatic heterocycles. The van der Waals surface area contributed by atoms with E-state index in [-0.39, 0.29) is 16.9 Å². The van der Waals surface area contributed by atoms with Crippen LogP contribution in [0.2, 0.25) is 0 Å². The van der Waals surface area contributed by atoms with E-state index in [1.165, 1.54) is 12.1 Å². The summed E-state index contributed by atoms with van der Waals surface area (Å²) in [5.74, 6) is -1.20. The number of fused-ring (bicyclic) bond motifs is 2. The van der Waals surface area contributed by atoms with Crippen molar-refractivity contribution in [3.63, 3.8) is 0 Å². The van der Waals surface area contributed by atoms with E-state index in [0.717, 1.165) is 16.8 Å². The Hall–Kier alpha value is -3.58. The van der Waals surface area contributed by atoms with Gasteiger partial charge in [0.2, 0.25) is 0 Å². The van der Waals surface area contributed by atoms with Crippen LogP contribution >= 0.6 is 0 Å². The van der Waals surface area contributed by atoms with Gasteiger partial charge in [-0.25, -0.2) is 0 Å². The van der Waals surface area contributed by atoms with Crippen molar-refractivity contribution in [1.82, 2.24) is 0 Å². The highest BCUT2D eigenvalue weighted by molar-refractivity contribution is 6.10. The number of Topliss-reactive ketones (excluding diaryl/α,β-unsaturated/α-hetero) is 1. The van der Waals surface area contributed by atoms with Gasteiger partial charge in [0.15, 0.2) is 11.4 Å². The number of hydrogen-bond donors (Lipinski definition) is 2. The summed E-state index contributed by atoms with van der Waals surface area (Å²) >= 11 is 0. The summed E-state index contributed by atoms with van der Waals surface area (Å²) < 4.78 is 0. The van der Waals surface area contributed by atoms with E-state index in [4.69, 9.17) is 0 Å². The van der Waals surface area contributed by atoms with Gasteiger partial charge >= 0.3 is 0 Å². The Balaban J connectivity index is 1.70. The van der Waals surface area contributed by atoms with Crippen molar-refractivity contribution in [2.45, 2.75) is 12.0 Å². The van der Waals surface area contributed by atoms with Gasteiger partial charge in [-0.1, -0.05) is 36.4 Å². The standard InChI is InChI=1S/C20H14N2O5/c23-18(14-6-5-12-3-1-2-4-13(12)9-14)11-20(25)16-10-15(22(26)27)7-8-17(16)21-19(20)24/h1-10,25H,11H2,(H,21,24)/t20-/m1/s1. The summed E-state index contributed by atoms with van der Waals surface area (Å²) in [6.07, 6.45) is -0.509. The smallest absolute Gasteiger partial charge is 0.269 e. The molecule has 0 saturated carbocycles. The minimum absolute atomic E-state index is 0.0378. The van der Waals surface area contributed by atoms with Crippen LogP contribution in [0.3, 0.4) is 0 Å². The number of nitro groups is 1. The van der Waals surface area contributed by atoms with Crippen LogP contribution < -0.4 is 5.32 Å². The molecule has 1 aliphatic rings. The van der Waals surface area contributed by atoms with Crippen LogP contribution in [0.5, 0.6) is 0 Å². The van der Waals surface area contributed by atoms with Crippen LogP contribution in [-0.4, -0.2) is 21.7 Å². The summed E-state index contributed by atoms with van der Waals surface area (Å²) in [4.78, 5) is 35.5. The highest BCUT2D eigenvalue weighted by Crippen LogP contribution is 2.41. The fourth-order valence-electron chi connectivity index (χ4n) is 3.32. The first-order valence-corrected chi connectivity index (χ1v) is 8.23. The summed E-state index contributed by atoms with van der Waals surface area (Å²) in [5, 5.41) is 26.2. The number of ketones is 1. The Morgan fingerprint density at radius 2 is 1.81 bits per heavy atom. The zero-order valence-electron chi connectivity index (χ0n) is 14.0. The van der Waals surface area contributed by atoms with Crippen LogP contribution in [0.4, 0.5) is 11.4 Å². The number of amides is 1. The summed E-state index contributed by atoms with van der Waals surface area (Å²) in [7, 11) is 0. The first kappa shape index (κ1) is 16.9. The number of carbonyl (C=O) groups is 2. The molecule has 7 nitrogen and oxygen atoms in total. The van der Waals surface area contributed by atoms with Gasteiger partial charge in [0.25, 0.3) is 11.6 Å². The van der Waals surface area contributed by atoms with Crippen molar-refractivity contribution in [3.05, 3.63) is 81.9 Å². The van der Waals surface area contributed by atoms with Gasteiger partial charge in [-0.2, -0.15) is 0 Å². The molecule has 3 aromatic rings. The average Bonchev–Trinajstić information content (AvgIpc) is 2.91. The van der Waals surface area contributed by atoms with Crippen LogP contribution in [0.25, 0.3) is 10.8 Å². The Morgan fingerprint density at radius 1 is 1.07 bits per heavy atom. The second-order valence-corrected chi connectivity index (χ2v) is 6.46. The normalized spacial score (nSPS) is 18.2. The third kappa shape index (κ3) is 2.74. The zero-order chi connectivity index (χ0) is 19.2. The van der Waals surface area contributed by atoms with Crippen LogP contribution in [0.1, 0.15) is 22.3 Å². The summed E-state index contributed by atoms with van der Waals surface area (Å²) in [5.41, 5.74) is -1.75. The summed E-state index contributed by atoms with van der Waals surface area (Å²) in [6.45, 7) is 0. The Morgan fingerprint density at radius 3 is 2.56 bits per heavy atom. The van der Waals surface area contributed by atoms with E-state index in [1.54, 1.807) is 18.2 Å². The maximum Gasteiger partial charge on any atom is 0.269 e. The van der Waals surface area contributed by atoms with E-state index in [9.17, 15) is 24.8 Å². The van der Waals surface area contributed by atoms with E-state index in [2.05, 4.69) is 5.32 Å². The monoisotopic (exact) mass is 362 g/mol. The van der Waals surface area contributed by atoms with Gasteiger partial charge in [0.05, 0.1) is 11.3 Å². The minimum Gasteiger partial charge on any atom is -0.375 e. The molecule has 0 aliphatic carbocycles. The van der Waals surface area contributed by atoms with E-state index >= 15 is 0 Å². The topological polar surface area (TPSA) is 110 Å². The maximum atomic E-state index is 12.7. The van der Waals surface area contributed by atoms with Crippen LogP contribution in [0.15, 0.2) is 60.7 Å². The molecular weight excluding hydrogens is 348 g/mol. The number of anilines is 1. The van der Waals surface area contributed by atoms with Gasteiger partial charge in [-0.15, -0.1) is 0 Å². The number of nitrogens with one attached hydrogen (secondary N) is 1. The molecule has 7 heteroatoms. The maximum absolute atomic E-state index is 12.7. The number of aliphatic hydroxyl groups is 1. The number of benzene rings is 3. The molecule has 0 bridgehead atoms. The molecule has 0 unspecified atom stereocenters. The van der Waals surface area contributed by atoms with Crippen LogP contribution in [0, 0.1) is 10.1 Å². The molecule has 1 heterocycles. The minimum atomic E-state index is -2.15. The fraction of sp³-hybridized carbons (Fsp3) is 0.100. The quantitative estimate of drug-likeness (QED) is 0.421. The second kappa shape index (κ2) is 6.00. The third-order valence-electron chi connectivity index (χ3n) is 4.77. The lowest BCUT2D eigenvalue weighted by Crippen LogP contribution is -2.36. The number of nitro benzene ring substituents is 1. The van der Waals surface area contributed by atoms with Crippen LogP contribution in [-0.2, 0) is 10.4 Å². The summed E-state index contributed by atoms with van der Waals surface area (Å²) in [6, 6.07) is 16.3. The predicted octanol–water partition coefficient (Wildman–Crippen LogP) is 3.16. The first-order valence-electron chi connectivity index (χ1n) is 8.23. The van der Waals surface area contributed by atoms with E-state index in [0.29, 0.717) is 5.56 Å². The van der Waals surface area contributed by atoms with Gasteiger partial charge in [0, 0.05) is 28.9 Å². The SMILES string of the molecule is O=C(C[C@]1(O)C(=O)Nc2ccc([N+](=O)[O-])cc21)c1ccc2ccccc2c1. The molecular formula is C20H14N2O5. The predicted molar refractivity (Wildman–Crippen MR) is 98.5 cm³/mol. The van der Waals surface area contributed by atoms with Crippen molar-refractivity contribution in [1.29, 1.82) is 0 Å². The lowest BCUT2D eigenvalue weighted by molar-refractivity contribution is -0.385. The number of rotatable bonds is 4. The largest absolute Gasteiger partial charge is 0.375 e. The number of hydrogen-bond acceptors (Lipinski definition) is 5. The van der Waals surface area contributed by atoms with Crippen molar-refractivity contribution in [2.24, 2.45) is 0 Å². The number of carbonyl (C=O) groups excluding carboxylic acids is 2. The molecule has 1 atom stereocenters. The van der Waals surface area contributed by atoms with Crippen molar-refractivity contribution >= 4 is 33.8 Å². The molecule has 27 heavy (non-hydrogen) atoms. The second-order valence-electron chi connectivity index (χ2n) is 6.46. The molecule has 2 N–H and O–H groups in total. The molecule has 0 spiro atoms. The zero-order valence-corrected chi connectivity index (χ0v) is 14.0. The van der Waals surface area contributed by atoms with Gasteiger partial charge in [0.1, 0.15) is 0 Å². The number of nitrogens with zero attached hydrogens (tertiary/aromatic N) is 1.